The van der Waals surface area contributed by atoms with E-state index in [0.29, 0.717) is 5.75 Å². The van der Waals surface area contributed by atoms with Crippen molar-refractivity contribution in [2.75, 3.05) is 0 Å². The summed E-state index contributed by atoms with van der Waals surface area (Å²) >= 11 is 1.57. The van der Waals surface area contributed by atoms with Crippen molar-refractivity contribution in [3.8, 4) is 0 Å². The highest BCUT2D eigenvalue weighted by Gasteiger charge is 2.09. The van der Waals surface area contributed by atoms with E-state index in [4.69, 9.17) is 5.11 Å². The zero-order valence-electron chi connectivity index (χ0n) is 8.17. The number of carbonyl (C=O) groups is 1. The number of nitrogens with zero attached hydrogens (tertiary/aromatic N) is 3. The fourth-order valence-electron chi connectivity index (χ4n) is 0.994. The third-order valence-electron chi connectivity index (χ3n) is 1.63. The zero-order valence-corrected chi connectivity index (χ0v) is 8.99. The summed E-state index contributed by atoms with van der Waals surface area (Å²) in [6.07, 6.45) is 2.02. The smallest absolute Gasteiger partial charge is 0.304 e. The van der Waals surface area contributed by atoms with Crippen LogP contribution in [0.4, 0.5) is 0 Å². The van der Waals surface area contributed by atoms with Crippen LogP contribution in [-0.2, 0) is 17.6 Å². The Bertz CT molecular complexity index is 313. The number of thioether (sulfide) groups is 1. The third-order valence-corrected chi connectivity index (χ3v) is 2.83. The number of hydrogen-bond acceptors (Lipinski definition) is 4. The normalized spacial score (nSPS) is 12.7. The van der Waals surface area contributed by atoms with E-state index in [2.05, 4.69) is 10.3 Å². The van der Waals surface area contributed by atoms with Crippen molar-refractivity contribution in [3.63, 3.8) is 0 Å². The van der Waals surface area contributed by atoms with Crippen LogP contribution < -0.4 is 0 Å². The SMILES string of the molecule is CC(CC(=O)O)SCc1cn(C)nn1. The van der Waals surface area contributed by atoms with Gasteiger partial charge in [0.05, 0.1) is 12.1 Å². The molecule has 1 aromatic rings. The van der Waals surface area contributed by atoms with Gasteiger partial charge in [0, 0.05) is 24.2 Å². The molecule has 6 heteroatoms. The van der Waals surface area contributed by atoms with Gasteiger partial charge in [-0.15, -0.1) is 5.10 Å². The first kappa shape index (κ1) is 11.0. The topological polar surface area (TPSA) is 68.0 Å². The average molecular weight is 215 g/mol. The molecule has 0 radical (unpaired) electrons. The van der Waals surface area contributed by atoms with E-state index in [1.54, 1.807) is 16.4 Å². The van der Waals surface area contributed by atoms with Crippen molar-refractivity contribution < 1.29 is 9.90 Å². The summed E-state index contributed by atoms with van der Waals surface area (Å²) in [6, 6.07) is 0. The minimum absolute atomic E-state index is 0.106. The summed E-state index contributed by atoms with van der Waals surface area (Å²) in [6.45, 7) is 1.90. The Balaban J connectivity index is 2.30. The van der Waals surface area contributed by atoms with E-state index in [-0.39, 0.29) is 11.7 Å². The molecule has 5 nitrogen and oxygen atoms in total. The van der Waals surface area contributed by atoms with Crippen molar-refractivity contribution in [2.24, 2.45) is 7.05 Å². The zero-order chi connectivity index (χ0) is 10.6. The molecule has 1 heterocycles. The van der Waals surface area contributed by atoms with Crippen LogP contribution in [0.25, 0.3) is 0 Å². The van der Waals surface area contributed by atoms with Crippen LogP contribution in [0.5, 0.6) is 0 Å². The van der Waals surface area contributed by atoms with Gasteiger partial charge in [0.15, 0.2) is 0 Å². The molecular formula is C8H13N3O2S. The minimum atomic E-state index is -0.760. The van der Waals surface area contributed by atoms with Gasteiger partial charge in [0.25, 0.3) is 0 Å². The quantitative estimate of drug-likeness (QED) is 0.790. The summed E-state index contributed by atoms with van der Waals surface area (Å²) in [5, 5.41) is 16.3. The molecule has 1 N–H and O–H groups in total. The molecule has 0 aliphatic heterocycles. The number of aromatic nitrogens is 3. The van der Waals surface area contributed by atoms with Gasteiger partial charge in [0.2, 0.25) is 0 Å². The van der Waals surface area contributed by atoms with E-state index >= 15 is 0 Å². The summed E-state index contributed by atoms with van der Waals surface area (Å²) in [5.41, 5.74) is 0.884. The van der Waals surface area contributed by atoms with Crippen LogP contribution >= 0.6 is 11.8 Å². The molecule has 0 bridgehead atoms. The van der Waals surface area contributed by atoms with Gasteiger partial charge in [-0.1, -0.05) is 12.1 Å². The lowest BCUT2D eigenvalue weighted by atomic mass is 10.3. The lowest BCUT2D eigenvalue weighted by molar-refractivity contribution is -0.136. The summed E-state index contributed by atoms with van der Waals surface area (Å²) < 4.78 is 1.64. The Hall–Kier alpha value is -1.04. The first-order chi connectivity index (χ1) is 6.58. The monoisotopic (exact) mass is 215 g/mol. The number of aryl methyl sites for hydroxylation is 1. The standard InChI is InChI=1S/C8H13N3O2S/c1-6(3-8(12)13)14-5-7-4-11(2)10-9-7/h4,6H,3,5H2,1-2H3,(H,12,13). The molecular weight excluding hydrogens is 202 g/mol. The molecule has 0 amide bonds. The lowest BCUT2D eigenvalue weighted by Crippen LogP contribution is -2.05. The predicted octanol–water partition coefficient (Wildman–Crippen LogP) is 0.911. The molecule has 0 aliphatic carbocycles. The van der Waals surface area contributed by atoms with Crippen LogP contribution in [0.3, 0.4) is 0 Å². The minimum Gasteiger partial charge on any atom is -0.481 e. The molecule has 0 saturated heterocycles. The predicted molar refractivity (Wildman–Crippen MR) is 54.0 cm³/mol. The van der Waals surface area contributed by atoms with E-state index in [1.807, 2.05) is 20.2 Å². The number of carboxylic acids is 1. The second-order valence-electron chi connectivity index (χ2n) is 3.10. The lowest BCUT2D eigenvalue weighted by Gasteiger charge is -2.05. The molecule has 1 unspecified atom stereocenters. The molecule has 14 heavy (non-hydrogen) atoms. The number of carboxylic acid groups (broad SMARTS) is 1. The molecule has 0 fully saturated rings. The van der Waals surface area contributed by atoms with Gasteiger partial charge in [-0.25, -0.2) is 0 Å². The Morgan fingerprint density at radius 1 is 1.79 bits per heavy atom. The van der Waals surface area contributed by atoms with Gasteiger partial charge in [-0.3, -0.25) is 9.48 Å². The Labute approximate surface area is 86.5 Å². The molecule has 1 atom stereocenters. The van der Waals surface area contributed by atoms with Gasteiger partial charge in [-0.2, -0.15) is 11.8 Å². The maximum Gasteiger partial charge on any atom is 0.304 e. The molecule has 0 aromatic carbocycles. The first-order valence-corrected chi connectivity index (χ1v) is 5.31. The van der Waals surface area contributed by atoms with Crippen LogP contribution in [0.15, 0.2) is 6.20 Å². The maximum atomic E-state index is 10.4. The van der Waals surface area contributed by atoms with Crippen LogP contribution in [-0.4, -0.2) is 31.3 Å². The van der Waals surface area contributed by atoms with Gasteiger partial charge in [0.1, 0.15) is 0 Å². The fraction of sp³-hybridized carbons (Fsp3) is 0.625. The summed E-state index contributed by atoms with van der Waals surface area (Å²) in [4.78, 5) is 10.4. The van der Waals surface area contributed by atoms with Gasteiger partial charge in [-0.05, 0) is 0 Å². The van der Waals surface area contributed by atoms with Crippen LogP contribution in [0.1, 0.15) is 19.0 Å². The molecule has 0 aliphatic rings. The fourth-order valence-corrected chi connectivity index (χ4v) is 1.84. The molecule has 0 saturated carbocycles. The van der Waals surface area contributed by atoms with Gasteiger partial charge >= 0.3 is 5.97 Å². The van der Waals surface area contributed by atoms with Crippen molar-refractivity contribution in [1.29, 1.82) is 0 Å². The Morgan fingerprint density at radius 3 is 3.00 bits per heavy atom. The van der Waals surface area contributed by atoms with Gasteiger partial charge < -0.3 is 5.11 Å². The van der Waals surface area contributed by atoms with Crippen LogP contribution in [0, 0.1) is 0 Å². The Morgan fingerprint density at radius 2 is 2.50 bits per heavy atom. The second kappa shape index (κ2) is 4.99. The Kier molecular flexibility index (Phi) is 3.94. The van der Waals surface area contributed by atoms with Crippen molar-refractivity contribution in [1.82, 2.24) is 15.0 Å². The highest BCUT2D eigenvalue weighted by molar-refractivity contribution is 7.99. The van der Waals surface area contributed by atoms with E-state index in [0.717, 1.165) is 5.69 Å². The van der Waals surface area contributed by atoms with E-state index in [9.17, 15) is 4.79 Å². The van der Waals surface area contributed by atoms with E-state index < -0.39 is 5.97 Å². The van der Waals surface area contributed by atoms with Crippen molar-refractivity contribution in [3.05, 3.63) is 11.9 Å². The highest BCUT2D eigenvalue weighted by atomic mass is 32.2. The third kappa shape index (κ3) is 3.78. The van der Waals surface area contributed by atoms with E-state index in [1.165, 1.54) is 0 Å². The van der Waals surface area contributed by atoms with Crippen LogP contribution in [0.2, 0.25) is 0 Å². The maximum absolute atomic E-state index is 10.4. The molecule has 1 rings (SSSR count). The van der Waals surface area contributed by atoms with Crippen molar-refractivity contribution in [2.45, 2.75) is 24.3 Å². The molecule has 0 spiro atoms. The first-order valence-electron chi connectivity index (χ1n) is 4.26. The second-order valence-corrected chi connectivity index (χ2v) is 4.53. The highest BCUT2D eigenvalue weighted by Crippen LogP contribution is 2.18. The average Bonchev–Trinajstić information content (AvgIpc) is 2.47. The summed E-state index contributed by atoms with van der Waals surface area (Å²) in [5.74, 6) is -0.0494. The van der Waals surface area contributed by atoms with Crippen molar-refractivity contribution >= 4 is 17.7 Å². The molecule has 1 aromatic heterocycles. The summed E-state index contributed by atoms with van der Waals surface area (Å²) in [7, 11) is 1.81. The number of rotatable bonds is 5. The molecule has 78 valence electrons. The largest absolute Gasteiger partial charge is 0.481 e. The number of hydrogen-bond donors (Lipinski definition) is 1. The number of aliphatic carboxylic acids is 1.